The molecule has 1 fully saturated rings. The Labute approximate surface area is 284 Å². The number of carbonyl (C=O) groups excluding carboxylic acids is 2. The second-order valence-electron chi connectivity index (χ2n) is 12.6. The van der Waals surface area contributed by atoms with E-state index in [0.29, 0.717) is 35.3 Å². The van der Waals surface area contributed by atoms with E-state index >= 15 is 0 Å². The number of aliphatic hydroxyl groups excluding tert-OH is 1. The molecule has 12 heteroatoms. The number of thiazole rings is 1. The van der Waals surface area contributed by atoms with Crippen LogP contribution in [0.15, 0.2) is 72.4 Å². The number of aryl methyl sites for hydroxylation is 1. The summed E-state index contributed by atoms with van der Waals surface area (Å²) in [6.45, 7) is 3.65. The zero-order valence-electron chi connectivity index (χ0n) is 27.6. The normalized spacial score (nSPS) is 16.1. The smallest absolute Gasteiger partial charge is 0.272 e. The molecule has 0 radical (unpaired) electrons. The number of amides is 2. The predicted molar refractivity (Wildman–Crippen MR) is 184 cm³/mol. The lowest BCUT2D eigenvalue weighted by Crippen LogP contribution is -2.48. The number of aromatic nitrogens is 2. The van der Waals surface area contributed by atoms with Crippen LogP contribution in [0.4, 0.5) is 14.5 Å². The van der Waals surface area contributed by atoms with Crippen LogP contribution >= 0.6 is 11.3 Å². The molecule has 2 amide bonds. The molecule has 1 unspecified atom stereocenters. The number of alkyl halides is 2. The van der Waals surface area contributed by atoms with Gasteiger partial charge in [0, 0.05) is 86.5 Å². The summed E-state index contributed by atoms with van der Waals surface area (Å²) in [4.78, 5) is 40.0. The third-order valence-electron chi connectivity index (χ3n) is 8.44. The standard InChI is InChI=1S/C36H42F2N6O3S/c1-23-22-48-34(41-23)31-11-8-12-44(31)35(47)27-15-26(16-29(17-27)43(3)4)33(46)42-30(14-24-9-6-5-7-10-24)32(45)21-40-19-25-13-28(20-39-18-25)36(2,37)38/h5-7,9-10,13,15-18,20,22,30-32,40,45H,8,11-12,14,19,21H2,1-4H3,(H,42,46)/t30-,31?,32+/m0/s1. The molecule has 2 aromatic heterocycles. The van der Waals surface area contributed by atoms with Gasteiger partial charge in [-0.15, -0.1) is 11.3 Å². The van der Waals surface area contributed by atoms with Crippen LogP contribution in [0.25, 0.3) is 0 Å². The molecule has 2 aromatic carbocycles. The van der Waals surface area contributed by atoms with Crippen LogP contribution in [-0.4, -0.2) is 71.1 Å². The SMILES string of the molecule is Cc1csc(C2CCCN2C(=O)c2cc(C(=O)N[C@@H](Cc3ccccc3)[C@H](O)CNCc3cncc(C(C)(F)F)c3)cc(N(C)C)c2)n1. The monoisotopic (exact) mass is 676 g/mol. The van der Waals surface area contributed by atoms with Gasteiger partial charge in [0.2, 0.25) is 0 Å². The lowest BCUT2D eigenvalue weighted by molar-refractivity contribution is 0.0170. The number of nitrogens with one attached hydrogen (secondary N) is 2. The number of halogens is 2. The van der Waals surface area contributed by atoms with E-state index in [1.54, 1.807) is 29.5 Å². The van der Waals surface area contributed by atoms with Crippen molar-refractivity contribution in [3.05, 3.63) is 111 Å². The van der Waals surface area contributed by atoms with E-state index in [0.717, 1.165) is 42.2 Å². The Morgan fingerprint density at radius 2 is 1.85 bits per heavy atom. The minimum Gasteiger partial charge on any atom is -0.390 e. The molecule has 5 rings (SSSR count). The Kier molecular flexibility index (Phi) is 11.2. The average molecular weight is 677 g/mol. The van der Waals surface area contributed by atoms with Crippen molar-refractivity contribution >= 4 is 28.8 Å². The number of rotatable bonds is 13. The van der Waals surface area contributed by atoms with Crippen LogP contribution < -0.4 is 15.5 Å². The average Bonchev–Trinajstić information content (AvgIpc) is 3.73. The predicted octanol–water partition coefficient (Wildman–Crippen LogP) is 5.49. The maximum absolute atomic E-state index is 13.9. The molecule has 1 aliphatic rings. The number of anilines is 1. The Bertz CT molecular complexity index is 1710. The van der Waals surface area contributed by atoms with E-state index in [1.807, 2.05) is 66.5 Å². The molecular formula is C36H42F2N6O3S. The van der Waals surface area contributed by atoms with E-state index in [4.69, 9.17) is 0 Å². The van der Waals surface area contributed by atoms with Gasteiger partial charge in [0.05, 0.1) is 18.2 Å². The third kappa shape index (κ3) is 8.80. The van der Waals surface area contributed by atoms with Crippen molar-refractivity contribution in [1.29, 1.82) is 0 Å². The number of nitrogens with zero attached hydrogens (tertiary/aromatic N) is 4. The molecular weight excluding hydrogens is 634 g/mol. The Morgan fingerprint density at radius 3 is 2.54 bits per heavy atom. The first-order valence-corrected chi connectivity index (χ1v) is 16.9. The van der Waals surface area contributed by atoms with Gasteiger partial charge in [-0.3, -0.25) is 14.6 Å². The minimum absolute atomic E-state index is 0.0819. The highest BCUT2D eigenvalue weighted by Gasteiger charge is 2.33. The van der Waals surface area contributed by atoms with E-state index in [9.17, 15) is 23.5 Å². The molecule has 1 aliphatic heterocycles. The van der Waals surface area contributed by atoms with Gasteiger partial charge in [0.1, 0.15) is 5.01 Å². The van der Waals surface area contributed by atoms with E-state index < -0.39 is 24.0 Å². The van der Waals surface area contributed by atoms with Crippen LogP contribution in [0.3, 0.4) is 0 Å². The molecule has 48 heavy (non-hydrogen) atoms. The molecule has 254 valence electrons. The summed E-state index contributed by atoms with van der Waals surface area (Å²) in [7, 11) is 3.70. The van der Waals surface area contributed by atoms with Crippen molar-refractivity contribution in [2.75, 3.05) is 32.1 Å². The molecule has 0 bridgehead atoms. The quantitative estimate of drug-likeness (QED) is 0.172. The summed E-state index contributed by atoms with van der Waals surface area (Å²) in [5, 5.41) is 20.3. The lowest BCUT2D eigenvalue weighted by atomic mass is 9.99. The van der Waals surface area contributed by atoms with Crippen molar-refractivity contribution in [3.8, 4) is 0 Å². The summed E-state index contributed by atoms with van der Waals surface area (Å²) in [5.74, 6) is -3.60. The van der Waals surface area contributed by atoms with Crippen molar-refractivity contribution in [1.82, 2.24) is 25.5 Å². The van der Waals surface area contributed by atoms with Crippen molar-refractivity contribution < 1.29 is 23.5 Å². The van der Waals surface area contributed by atoms with Gasteiger partial charge in [-0.25, -0.2) is 13.8 Å². The van der Waals surface area contributed by atoms with Crippen LogP contribution in [0.1, 0.15) is 73.9 Å². The van der Waals surface area contributed by atoms with Crippen LogP contribution in [0.5, 0.6) is 0 Å². The summed E-state index contributed by atoms with van der Waals surface area (Å²) < 4.78 is 27.6. The highest BCUT2D eigenvalue weighted by atomic mass is 32.1. The van der Waals surface area contributed by atoms with Gasteiger partial charge in [-0.2, -0.15) is 0 Å². The van der Waals surface area contributed by atoms with Crippen LogP contribution in [0, 0.1) is 6.92 Å². The number of likely N-dealkylation sites (tertiary alicyclic amines) is 1. The molecule has 3 N–H and O–H groups in total. The first kappa shape index (κ1) is 35.1. The van der Waals surface area contributed by atoms with Crippen molar-refractivity contribution in [2.45, 2.75) is 63.8 Å². The molecule has 4 aromatic rings. The van der Waals surface area contributed by atoms with E-state index in [1.165, 1.54) is 12.3 Å². The molecule has 3 heterocycles. The summed E-state index contributed by atoms with van der Waals surface area (Å²) in [6, 6.07) is 15.2. The van der Waals surface area contributed by atoms with Crippen molar-refractivity contribution in [2.24, 2.45) is 0 Å². The molecule has 3 atom stereocenters. The van der Waals surface area contributed by atoms with E-state index in [2.05, 4.69) is 20.6 Å². The van der Waals surface area contributed by atoms with E-state index in [-0.39, 0.29) is 30.6 Å². The second kappa shape index (κ2) is 15.3. The minimum atomic E-state index is -3.02. The Morgan fingerprint density at radius 1 is 1.10 bits per heavy atom. The first-order chi connectivity index (χ1) is 22.9. The fourth-order valence-corrected chi connectivity index (χ4v) is 6.76. The Hall–Kier alpha value is -4.26. The summed E-state index contributed by atoms with van der Waals surface area (Å²) >= 11 is 1.56. The van der Waals surface area contributed by atoms with Crippen LogP contribution in [0.2, 0.25) is 0 Å². The van der Waals surface area contributed by atoms with Gasteiger partial charge in [-0.1, -0.05) is 30.3 Å². The van der Waals surface area contributed by atoms with Gasteiger partial charge < -0.3 is 25.5 Å². The van der Waals surface area contributed by atoms with Gasteiger partial charge in [0.15, 0.2) is 0 Å². The number of pyridine rings is 1. The van der Waals surface area contributed by atoms with Crippen LogP contribution in [-0.2, 0) is 18.9 Å². The third-order valence-corrected chi connectivity index (χ3v) is 9.51. The first-order valence-electron chi connectivity index (χ1n) is 16.0. The largest absolute Gasteiger partial charge is 0.390 e. The molecule has 0 spiro atoms. The zero-order valence-corrected chi connectivity index (χ0v) is 28.4. The van der Waals surface area contributed by atoms with Gasteiger partial charge in [0.25, 0.3) is 17.7 Å². The zero-order chi connectivity index (χ0) is 34.4. The Balaban J connectivity index is 1.34. The number of benzene rings is 2. The molecule has 1 saturated heterocycles. The fourth-order valence-electron chi connectivity index (χ4n) is 5.82. The number of hydrogen-bond donors (Lipinski definition) is 3. The molecule has 0 aliphatic carbocycles. The number of hydrogen-bond acceptors (Lipinski definition) is 8. The van der Waals surface area contributed by atoms with Gasteiger partial charge in [-0.05, 0) is 61.6 Å². The number of aliphatic hydroxyl groups is 1. The van der Waals surface area contributed by atoms with Crippen molar-refractivity contribution in [3.63, 3.8) is 0 Å². The summed E-state index contributed by atoms with van der Waals surface area (Å²) in [6.07, 6.45) is 3.66. The second-order valence-corrected chi connectivity index (χ2v) is 13.5. The fraction of sp³-hybridized carbons (Fsp3) is 0.389. The maximum Gasteiger partial charge on any atom is 0.272 e. The molecule has 0 saturated carbocycles. The van der Waals surface area contributed by atoms with Gasteiger partial charge >= 0.3 is 0 Å². The highest BCUT2D eigenvalue weighted by molar-refractivity contribution is 7.09. The molecule has 9 nitrogen and oxygen atoms in total. The summed E-state index contributed by atoms with van der Waals surface area (Å²) in [5.41, 5.74) is 3.61. The lowest BCUT2D eigenvalue weighted by Gasteiger charge is -2.26. The number of carbonyl (C=O) groups is 2. The topological polar surface area (TPSA) is 111 Å². The maximum atomic E-state index is 13.9. The highest BCUT2D eigenvalue weighted by Crippen LogP contribution is 2.35.